The normalized spacial score (nSPS) is 15.4. The van der Waals surface area contributed by atoms with Crippen LogP contribution < -0.4 is 19.5 Å². The van der Waals surface area contributed by atoms with Gasteiger partial charge in [0.05, 0.1) is 32.6 Å². The van der Waals surface area contributed by atoms with E-state index in [1.165, 1.54) is 4.88 Å². The maximum atomic E-state index is 13.7. The Hall–Kier alpha value is -3.32. The van der Waals surface area contributed by atoms with Gasteiger partial charge in [0.25, 0.3) is 5.91 Å². The average molecular weight is 507 g/mol. The summed E-state index contributed by atoms with van der Waals surface area (Å²) in [4.78, 5) is 19.8. The minimum atomic E-state index is -0.189. The van der Waals surface area contributed by atoms with E-state index in [9.17, 15) is 4.79 Å². The highest BCUT2D eigenvalue weighted by Gasteiger charge is 2.34. The van der Waals surface area contributed by atoms with E-state index in [1.807, 2.05) is 24.3 Å². The van der Waals surface area contributed by atoms with Crippen LogP contribution in [-0.2, 0) is 12.8 Å². The zero-order valence-corrected chi connectivity index (χ0v) is 22.6. The van der Waals surface area contributed by atoms with E-state index in [0.717, 1.165) is 41.1 Å². The van der Waals surface area contributed by atoms with Gasteiger partial charge in [-0.05, 0) is 66.0 Å². The summed E-state index contributed by atoms with van der Waals surface area (Å²) in [6.07, 6.45) is 4.67. The quantitative estimate of drug-likeness (QED) is 0.353. The zero-order valence-electron chi connectivity index (χ0n) is 21.8. The van der Waals surface area contributed by atoms with E-state index >= 15 is 0 Å². The Morgan fingerprint density at radius 1 is 1.06 bits per heavy atom. The molecule has 0 saturated heterocycles. The number of nitrogens with zero attached hydrogens (tertiary/aromatic N) is 1. The van der Waals surface area contributed by atoms with Crippen molar-refractivity contribution in [2.24, 2.45) is 16.3 Å². The van der Waals surface area contributed by atoms with E-state index in [-0.39, 0.29) is 11.3 Å². The van der Waals surface area contributed by atoms with Crippen LogP contribution in [0.5, 0.6) is 17.2 Å². The van der Waals surface area contributed by atoms with Crippen LogP contribution in [0.4, 0.5) is 10.7 Å². The number of thiophene rings is 1. The Kier molecular flexibility index (Phi) is 7.69. The van der Waals surface area contributed by atoms with Crippen molar-refractivity contribution >= 4 is 34.1 Å². The highest BCUT2D eigenvalue weighted by molar-refractivity contribution is 7.16. The van der Waals surface area contributed by atoms with Crippen molar-refractivity contribution in [2.45, 2.75) is 40.0 Å². The fourth-order valence-corrected chi connectivity index (χ4v) is 5.86. The number of nitrogens with one attached hydrogen (secondary N) is 1. The fourth-order valence-electron chi connectivity index (χ4n) is 4.59. The number of benzene rings is 2. The van der Waals surface area contributed by atoms with Gasteiger partial charge in [0.1, 0.15) is 22.2 Å². The van der Waals surface area contributed by atoms with Gasteiger partial charge in [-0.3, -0.25) is 4.79 Å². The number of rotatable bonds is 7. The standard InChI is InChI=1S/C29H34N2O4S/c1-29(2,3)19-10-12-22-25(15-19)36-28(30-17-18-8-7-9-20(14-18)33-4)26(22)27(32)31-23-16-21(34-5)11-13-24(23)35-6/h7-9,11,13-14,16-17,19H,10,12,15H2,1-6H3,(H,31,32)/t19-/m1/s1. The first kappa shape index (κ1) is 25.8. The number of hydrogen-bond donors (Lipinski definition) is 1. The molecule has 1 aliphatic carbocycles. The van der Waals surface area contributed by atoms with E-state index in [0.29, 0.717) is 28.7 Å². The van der Waals surface area contributed by atoms with Gasteiger partial charge in [-0.25, -0.2) is 4.99 Å². The Bertz CT molecular complexity index is 1270. The molecule has 1 N–H and O–H groups in total. The van der Waals surface area contributed by atoms with Gasteiger partial charge >= 0.3 is 0 Å². The monoisotopic (exact) mass is 506 g/mol. The number of carbonyl (C=O) groups is 1. The Labute approximate surface area is 217 Å². The number of fused-ring (bicyclic) bond motifs is 1. The van der Waals surface area contributed by atoms with E-state index < -0.39 is 0 Å². The number of ether oxygens (including phenoxy) is 3. The van der Waals surface area contributed by atoms with Gasteiger partial charge in [0, 0.05) is 17.2 Å². The summed E-state index contributed by atoms with van der Waals surface area (Å²) in [6, 6.07) is 13.1. The average Bonchev–Trinajstić information content (AvgIpc) is 3.24. The molecule has 2 aromatic carbocycles. The lowest BCUT2D eigenvalue weighted by Gasteiger charge is -2.33. The summed E-state index contributed by atoms with van der Waals surface area (Å²) in [6.45, 7) is 6.88. The summed E-state index contributed by atoms with van der Waals surface area (Å²) < 4.78 is 16.2. The first-order valence-corrected chi connectivity index (χ1v) is 12.9. The largest absolute Gasteiger partial charge is 0.497 e. The lowest BCUT2D eigenvalue weighted by Crippen LogP contribution is -2.27. The molecule has 0 unspecified atom stereocenters. The molecule has 1 aromatic heterocycles. The molecule has 0 radical (unpaired) electrons. The number of aliphatic imine (C=N–C) groups is 1. The fraction of sp³-hybridized carbons (Fsp3) is 0.379. The summed E-state index contributed by atoms with van der Waals surface area (Å²) in [5.41, 5.74) is 3.44. The smallest absolute Gasteiger partial charge is 0.259 e. The van der Waals surface area contributed by atoms with Crippen LogP contribution in [-0.4, -0.2) is 33.5 Å². The number of carbonyl (C=O) groups excluding carboxylic acids is 1. The van der Waals surface area contributed by atoms with Crippen LogP contribution >= 0.6 is 11.3 Å². The van der Waals surface area contributed by atoms with Gasteiger partial charge in [-0.2, -0.15) is 0 Å². The Morgan fingerprint density at radius 2 is 1.81 bits per heavy atom. The minimum absolute atomic E-state index is 0.189. The molecule has 0 fully saturated rings. The molecule has 36 heavy (non-hydrogen) atoms. The molecule has 190 valence electrons. The molecule has 1 amide bonds. The molecule has 6 nitrogen and oxygen atoms in total. The summed E-state index contributed by atoms with van der Waals surface area (Å²) in [5, 5.41) is 3.78. The van der Waals surface area contributed by atoms with Gasteiger partial charge in [-0.1, -0.05) is 32.9 Å². The topological polar surface area (TPSA) is 69.2 Å². The molecule has 3 aromatic rings. The maximum absolute atomic E-state index is 13.7. The minimum Gasteiger partial charge on any atom is -0.497 e. The van der Waals surface area contributed by atoms with Crippen molar-refractivity contribution in [3.05, 3.63) is 64.0 Å². The first-order valence-electron chi connectivity index (χ1n) is 12.1. The number of anilines is 1. The van der Waals surface area contributed by atoms with Gasteiger partial charge in [0.2, 0.25) is 0 Å². The molecular formula is C29H34N2O4S. The predicted octanol–water partition coefficient (Wildman–Crippen LogP) is 6.93. The van der Waals surface area contributed by atoms with Crippen molar-refractivity contribution in [3.8, 4) is 17.2 Å². The highest BCUT2D eigenvalue weighted by Crippen LogP contribution is 2.45. The van der Waals surface area contributed by atoms with E-state index in [2.05, 4.69) is 26.1 Å². The molecule has 4 rings (SSSR count). The molecule has 0 saturated carbocycles. The number of amides is 1. The third kappa shape index (κ3) is 5.57. The maximum Gasteiger partial charge on any atom is 0.259 e. The van der Waals surface area contributed by atoms with Crippen LogP contribution in [0.15, 0.2) is 47.5 Å². The van der Waals surface area contributed by atoms with Crippen molar-refractivity contribution in [1.82, 2.24) is 0 Å². The lowest BCUT2D eigenvalue weighted by molar-refractivity contribution is 0.102. The van der Waals surface area contributed by atoms with Gasteiger partial charge < -0.3 is 19.5 Å². The van der Waals surface area contributed by atoms with E-state index in [1.54, 1.807) is 57.1 Å². The molecule has 0 bridgehead atoms. The van der Waals surface area contributed by atoms with Crippen LogP contribution in [0.3, 0.4) is 0 Å². The van der Waals surface area contributed by atoms with Crippen LogP contribution in [0.2, 0.25) is 0 Å². The molecular weight excluding hydrogens is 472 g/mol. The molecule has 7 heteroatoms. The number of hydrogen-bond acceptors (Lipinski definition) is 6. The van der Waals surface area contributed by atoms with Gasteiger partial charge in [0.15, 0.2) is 0 Å². The lowest BCUT2D eigenvalue weighted by atomic mass is 9.72. The van der Waals surface area contributed by atoms with Crippen LogP contribution in [0, 0.1) is 11.3 Å². The van der Waals surface area contributed by atoms with Crippen molar-refractivity contribution in [1.29, 1.82) is 0 Å². The number of methoxy groups -OCH3 is 3. The molecule has 1 heterocycles. The summed E-state index contributed by atoms with van der Waals surface area (Å²) in [5.74, 6) is 2.35. The molecule has 0 aliphatic heterocycles. The van der Waals surface area contributed by atoms with Crippen molar-refractivity contribution in [2.75, 3.05) is 26.6 Å². The molecule has 0 spiro atoms. The molecule has 1 aliphatic rings. The van der Waals surface area contributed by atoms with Crippen molar-refractivity contribution in [3.63, 3.8) is 0 Å². The van der Waals surface area contributed by atoms with Crippen molar-refractivity contribution < 1.29 is 19.0 Å². The second-order valence-corrected chi connectivity index (χ2v) is 11.1. The summed E-state index contributed by atoms with van der Waals surface area (Å²) in [7, 11) is 4.82. The second-order valence-electron chi connectivity index (χ2n) is 10.0. The zero-order chi connectivity index (χ0) is 25.9. The predicted molar refractivity (Wildman–Crippen MR) is 147 cm³/mol. The van der Waals surface area contributed by atoms with Crippen LogP contribution in [0.1, 0.15) is 53.6 Å². The molecule has 1 atom stereocenters. The Morgan fingerprint density at radius 3 is 2.50 bits per heavy atom. The first-order chi connectivity index (χ1) is 17.2. The highest BCUT2D eigenvalue weighted by atomic mass is 32.1. The van der Waals surface area contributed by atoms with E-state index in [4.69, 9.17) is 19.2 Å². The third-order valence-corrected chi connectivity index (χ3v) is 7.94. The SMILES string of the molecule is COc1cccc(C=Nc2sc3c(c2C(=O)Nc2cc(OC)ccc2OC)CC[C@@H](C(C)(C)C)C3)c1. The Balaban J connectivity index is 1.73. The summed E-state index contributed by atoms with van der Waals surface area (Å²) >= 11 is 1.62. The third-order valence-electron chi connectivity index (χ3n) is 6.78. The van der Waals surface area contributed by atoms with Gasteiger partial charge in [-0.15, -0.1) is 11.3 Å². The second kappa shape index (κ2) is 10.7. The van der Waals surface area contributed by atoms with Crippen LogP contribution in [0.25, 0.3) is 0 Å².